The highest BCUT2D eigenvalue weighted by Crippen LogP contribution is 2.26. The Morgan fingerprint density at radius 2 is 1.66 bits per heavy atom. The number of nitrogens with zero attached hydrogens (tertiary/aromatic N) is 1. The normalized spacial score (nSPS) is 10.5. The van der Waals surface area contributed by atoms with Crippen LogP contribution in [0.2, 0.25) is 5.02 Å². The van der Waals surface area contributed by atoms with Gasteiger partial charge in [-0.25, -0.2) is 9.78 Å². The van der Waals surface area contributed by atoms with Crippen molar-refractivity contribution in [3.05, 3.63) is 100 Å². The van der Waals surface area contributed by atoms with Crippen LogP contribution >= 0.6 is 22.9 Å². The van der Waals surface area contributed by atoms with Gasteiger partial charge in [-0.3, -0.25) is 5.32 Å². The van der Waals surface area contributed by atoms with Gasteiger partial charge in [0, 0.05) is 21.7 Å². The second-order valence-electron chi connectivity index (χ2n) is 6.49. The number of aromatic nitrogens is 1. The first-order valence-corrected chi connectivity index (χ1v) is 10.3. The minimum atomic E-state index is -0.355. The van der Waals surface area contributed by atoms with Crippen LogP contribution in [0.3, 0.4) is 0 Å². The third kappa shape index (κ3) is 5.22. The van der Waals surface area contributed by atoms with Crippen LogP contribution < -0.4 is 10.6 Å². The van der Waals surface area contributed by atoms with Gasteiger partial charge in [0.05, 0.1) is 5.69 Å². The summed E-state index contributed by atoms with van der Waals surface area (Å²) >= 11 is 7.32. The van der Waals surface area contributed by atoms with E-state index in [2.05, 4.69) is 64.1 Å². The number of rotatable bonds is 5. The molecule has 0 saturated carbocycles. The Morgan fingerprint density at radius 1 is 0.897 bits per heavy atom. The summed E-state index contributed by atoms with van der Waals surface area (Å²) < 4.78 is 0. The van der Waals surface area contributed by atoms with Gasteiger partial charge < -0.3 is 5.32 Å². The lowest BCUT2D eigenvalue weighted by atomic mass is 10.0. The second-order valence-corrected chi connectivity index (χ2v) is 7.78. The monoisotopic (exact) mass is 419 g/mol. The molecule has 4 nitrogen and oxygen atoms in total. The summed E-state index contributed by atoms with van der Waals surface area (Å²) in [7, 11) is 0. The topological polar surface area (TPSA) is 54.0 Å². The molecular weight excluding hydrogens is 402 g/mol. The molecule has 0 aliphatic carbocycles. The Bertz CT molecular complexity index is 1110. The van der Waals surface area contributed by atoms with Crippen molar-refractivity contribution in [1.29, 1.82) is 0 Å². The predicted molar refractivity (Wildman–Crippen MR) is 121 cm³/mol. The van der Waals surface area contributed by atoms with Gasteiger partial charge in [0.15, 0.2) is 5.13 Å². The number of hydrogen-bond acceptors (Lipinski definition) is 3. The summed E-state index contributed by atoms with van der Waals surface area (Å²) in [5.41, 5.74) is 5.00. The lowest BCUT2D eigenvalue weighted by Crippen LogP contribution is -2.19. The number of amides is 2. The SMILES string of the molecule is O=C(Nc1cccc(Cl)c1)Nc1nc(-c2ccc(Cc3ccccc3)cc2)cs1. The molecule has 4 rings (SSSR count). The van der Waals surface area contributed by atoms with Crippen LogP contribution in [0, 0.1) is 0 Å². The number of anilines is 2. The van der Waals surface area contributed by atoms with E-state index in [9.17, 15) is 4.79 Å². The number of thiazole rings is 1. The van der Waals surface area contributed by atoms with E-state index in [1.165, 1.54) is 22.5 Å². The Balaban J connectivity index is 1.39. The zero-order valence-electron chi connectivity index (χ0n) is 15.4. The van der Waals surface area contributed by atoms with Crippen LogP contribution in [-0.2, 0) is 6.42 Å². The summed E-state index contributed by atoms with van der Waals surface area (Å²) in [6.45, 7) is 0. The van der Waals surface area contributed by atoms with E-state index < -0.39 is 0 Å². The highest BCUT2D eigenvalue weighted by Gasteiger charge is 2.09. The molecule has 6 heteroatoms. The van der Waals surface area contributed by atoms with Crippen LogP contribution in [0.15, 0.2) is 84.2 Å². The average molecular weight is 420 g/mol. The summed E-state index contributed by atoms with van der Waals surface area (Å²) in [5.74, 6) is 0. The average Bonchev–Trinajstić information content (AvgIpc) is 3.17. The quantitative estimate of drug-likeness (QED) is 0.378. The van der Waals surface area contributed by atoms with E-state index in [1.54, 1.807) is 24.3 Å². The molecule has 4 aromatic rings. The third-order valence-corrected chi connectivity index (χ3v) is 5.30. The first-order valence-electron chi connectivity index (χ1n) is 9.08. The number of nitrogens with one attached hydrogen (secondary N) is 2. The summed E-state index contributed by atoms with van der Waals surface area (Å²) in [4.78, 5) is 16.7. The maximum absolute atomic E-state index is 12.2. The van der Waals surface area contributed by atoms with Gasteiger partial charge in [0.1, 0.15) is 0 Å². The fourth-order valence-electron chi connectivity index (χ4n) is 2.91. The summed E-state index contributed by atoms with van der Waals surface area (Å²) in [6, 6.07) is 25.4. The highest BCUT2D eigenvalue weighted by molar-refractivity contribution is 7.14. The predicted octanol–water partition coefficient (Wildman–Crippen LogP) is 6.70. The molecule has 2 N–H and O–H groups in total. The molecule has 29 heavy (non-hydrogen) atoms. The molecule has 1 heterocycles. The van der Waals surface area contributed by atoms with Gasteiger partial charge >= 0.3 is 6.03 Å². The van der Waals surface area contributed by atoms with Crippen molar-refractivity contribution in [3.63, 3.8) is 0 Å². The van der Waals surface area contributed by atoms with Crippen LogP contribution in [0.25, 0.3) is 11.3 Å². The van der Waals surface area contributed by atoms with Gasteiger partial charge in [-0.2, -0.15) is 0 Å². The van der Waals surface area contributed by atoms with Crippen molar-refractivity contribution >= 4 is 39.8 Å². The molecule has 0 saturated heterocycles. The van der Waals surface area contributed by atoms with E-state index in [0.717, 1.165) is 17.7 Å². The maximum Gasteiger partial charge on any atom is 0.325 e. The fourth-order valence-corrected chi connectivity index (χ4v) is 3.82. The molecule has 2 amide bonds. The molecule has 0 atom stereocenters. The van der Waals surface area contributed by atoms with Crippen molar-refractivity contribution in [2.75, 3.05) is 10.6 Å². The van der Waals surface area contributed by atoms with Crippen LogP contribution in [0.4, 0.5) is 15.6 Å². The van der Waals surface area contributed by atoms with Crippen molar-refractivity contribution < 1.29 is 4.79 Å². The van der Waals surface area contributed by atoms with E-state index in [-0.39, 0.29) is 6.03 Å². The molecule has 0 fully saturated rings. The molecule has 0 radical (unpaired) electrons. The smallest absolute Gasteiger partial charge is 0.308 e. The number of hydrogen-bond donors (Lipinski definition) is 2. The maximum atomic E-state index is 12.2. The molecule has 0 aliphatic heterocycles. The van der Waals surface area contributed by atoms with Crippen molar-refractivity contribution in [1.82, 2.24) is 4.98 Å². The van der Waals surface area contributed by atoms with Gasteiger partial charge in [0.25, 0.3) is 0 Å². The number of halogens is 1. The largest absolute Gasteiger partial charge is 0.325 e. The molecule has 144 valence electrons. The number of carbonyl (C=O) groups excluding carboxylic acids is 1. The van der Waals surface area contributed by atoms with E-state index in [1.807, 2.05) is 11.4 Å². The van der Waals surface area contributed by atoms with Gasteiger partial charge in [0.2, 0.25) is 0 Å². The van der Waals surface area contributed by atoms with Crippen molar-refractivity contribution in [3.8, 4) is 11.3 Å². The third-order valence-electron chi connectivity index (χ3n) is 4.31. The Kier molecular flexibility index (Phi) is 5.89. The van der Waals surface area contributed by atoms with Crippen molar-refractivity contribution in [2.24, 2.45) is 0 Å². The summed E-state index contributed by atoms with van der Waals surface area (Å²) in [5, 5.41) is 8.53. The van der Waals surface area contributed by atoms with Crippen LogP contribution in [0.5, 0.6) is 0 Å². The zero-order chi connectivity index (χ0) is 20.1. The minimum absolute atomic E-state index is 0.355. The lowest BCUT2D eigenvalue weighted by molar-refractivity contribution is 0.262. The van der Waals surface area contributed by atoms with E-state index >= 15 is 0 Å². The van der Waals surface area contributed by atoms with E-state index in [4.69, 9.17) is 11.6 Å². The second kappa shape index (κ2) is 8.90. The van der Waals surface area contributed by atoms with Gasteiger partial charge in [-0.1, -0.05) is 72.3 Å². The fraction of sp³-hybridized carbons (Fsp3) is 0.0435. The number of carbonyl (C=O) groups is 1. The number of benzene rings is 3. The standard InChI is InChI=1S/C23H18ClN3OS/c24-19-7-4-8-20(14-19)25-22(28)27-23-26-21(15-29-23)18-11-9-17(10-12-18)13-16-5-2-1-3-6-16/h1-12,14-15H,13H2,(H2,25,26,27,28). The lowest BCUT2D eigenvalue weighted by Gasteiger charge is -2.05. The molecule has 0 bridgehead atoms. The van der Waals surface area contributed by atoms with Crippen molar-refractivity contribution in [2.45, 2.75) is 6.42 Å². The zero-order valence-corrected chi connectivity index (χ0v) is 17.0. The van der Waals surface area contributed by atoms with Gasteiger partial charge in [-0.15, -0.1) is 11.3 Å². The minimum Gasteiger partial charge on any atom is -0.308 e. The molecule has 0 unspecified atom stereocenters. The Hall–Kier alpha value is -3.15. The van der Waals surface area contributed by atoms with Gasteiger partial charge in [-0.05, 0) is 35.7 Å². The van der Waals surface area contributed by atoms with E-state index in [0.29, 0.717) is 15.8 Å². The first-order chi connectivity index (χ1) is 14.2. The summed E-state index contributed by atoms with van der Waals surface area (Å²) in [6.07, 6.45) is 0.897. The molecule has 3 aromatic carbocycles. The molecular formula is C23H18ClN3OS. The Labute approximate surface area is 178 Å². The Morgan fingerprint density at radius 3 is 2.41 bits per heavy atom. The number of urea groups is 1. The first kappa shape index (κ1) is 19.2. The van der Waals surface area contributed by atoms with Crippen LogP contribution in [0.1, 0.15) is 11.1 Å². The van der Waals surface area contributed by atoms with Crippen LogP contribution in [-0.4, -0.2) is 11.0 Å². The molecule has 1 aromatic heterocycles. The molecule has 0 aliphatic rings. The highest BCUT2D eigenvalue weighted by atomic mass is 35.5. The molecule has 0 spiro atoms.